The van der Waals surface area contributed by atoms with Crippen LogP contribution in [0.15, 0.2) is 103 Å². The second kappa shape index (κ2) is 11.6. The average Bonchev–Trinajstić information content (AvgIpc) is 3.43. The van der Waals surface area contributed by atoms with Crippen molar-refractivity contribution in [2.75, 3.05) is 0 Å². The van der Waals surface area contributed by atoms with Crippen molar-refractivity contribution in [2.45, 2.75) is 85.5 Å². The molecule has 5 aromatic carbocycles. The van der Waals surface area contributed by atoms with Gasteiger partial charge < -0.3 is 0 Å². The van der Waals surface area contributed by atoms with E-state index >= 15 is 0 Å². The van der Waals surface area contributed by atoms with Crippen molar-refractivity contribution in [3.8, 4) is 28.1 Å². The molecule has 0 bridgehead atoms. The number of rotatable bonds is 2. The van der Waals surface area contributed by atoms with Crippen LogP contribution in [0.2, 0.25) is 0 Å². The minimum atomic E-state index is 0.0171. The summed E-state index contributed by atoms with van der Waals surface area (Å²) in [4.78, 5) is 0. The normalized spacial score (nSPS) is 13.8. The van der Waals surface area contributed by atoms with Gasteiger partial charge in [0.15, 0.2) is 0 Å². The first-order valence-electron chi connectivity index (χ1n) is 19.2. The second-order valence-electron chi connectivity index (χ2n) is 18.7. The number of aryl methyl sites for hydroxylation is 2. The predicted octanol–water partition coefficient (Wildman–Crippen LogP) is 7.94. The van der Waals surface area contributed by atoms with Crippen LogP contribution < -0.4 is 29.9 Å². The van der Waals surface area contributed by atoms with E-state index in [2.05, 4.69) is 189 Å². The second-order valence-corrected chi connectivity index (χ2v) is 21.0. The summed E-state index contributed by atoms with van der Waals surface area (Å²) in [5.74, 6) is 0. The van der Waals surface area contributed by atoms with Crippen molar-refractivity contribution in [1.82, 2.24) is 4.57 Å². The van der Waals surface area contributed by atoms with Crippen LogP contribution in [0.1, 0.15) is 84.6 Å². The number of pyridine rings is 1. The molecule has 2 aliphatic heterocycles. The van der Waals surface area contributed by atoms with E-state index in [1.165, 1.54) is 97.4 Å². The Morgan fingerprint density at radius 2 is 1.28 bits per heavy atom. The molecular formula is C49H50BN2Se+. The van der Waals surface area contributed by atoms with Gasteiger partial charge in [-0.15, -0.1) is 0 Å². The van der Waals surface area contributed by atoms with Gasteiger partial charge in [0.1, 0.15) is 0 Å². The number of hydrogen-bond donors (Lipinski definition) is 0. The number of hydrogen-bond acceptors (Lipinski definition) is 0. The van der Waals surface area contributed by atoms with Crippen LogP contribution in [0, 0.1) is 6.92 Å². The van der Waals surface area contributed by atoms with E-state index in [1.54, 1.807) is 0 Å². The van der Waals surface area contributed by atoms with Gasteiger partial charge in [0.25, 0.3) is 0 Å². The Labute approximate surface area is 322 Å². The van der Waals surface area contributed by atoms with Gasteiger partial charge >= 0.3 is 324 Å². The van der Waals surface area contributed by atoms with Gasteiger partial charge in [-0.25, -0.2) is 0 Å². The summed E-state index contributed by atoms with van der Waals surface area (Å²) in [5, 5.41) is 2.74. The number of nitrogens with zero attached hydrogens (tertiary/aromatic N) is 2. The van der Waals surface area contributed by atoms with E-state index in [9.17, 15) is 0 Å². The molecule has 0 fully saturated rings. The molecule has 264 valence electrons. The van der Waals surface area contributed by atoms with Gasteiger partial charge in [0.2, 0.25) is 0 Å². The Kier molecular flexibility index (Phi) is 7.51. The van der Waals surface area contributed by atoms with Gasteiger partial charge in [-0.2, -0.15) is 0 Å². The van der Waals surface area contributed by atoms with Gasteiger partial charge in [0, 0.05) is 0 Å². The molecule has 9 rings (SSSR count). The third-order valence-corrected chi connectivity index (χ3v) is 14.3. The monoisotopic (exact) mass is 757 g/mol. The standard InChI is InChI=1S/C49H50BN2Se/c1-29-22-30(15-18-35(29)40-14-12-13-21-51(40)11)31-23-42-45-44(24-31)53-43-20-17-33(48(5,6)7)27-38(43)50(45)39-28-34(49(8,9)10)26-37-36-25-32(47(2,3)4)16-19-41(36)52(42)46(37)39/h12-28H,1-11H3/q+1. The minimum absolute atomic E-state index is 0.0171. The van der Waals surface area contributed by atoms with E-state index in [1.807, 2.05) is 0 Å². The van der Waals surface area contributed by atoms with Crippen LogP contribution >= 0.6 is 0 Å². The third kappa shape index (κ3) is 5.39. The first kappa shape index (κ1) is 34.4. The number of aromatic nitrogens is 2. The summed E-state index contributed by atoms with van der Waals surface area (Å²) in [6, 6.07) is 38.4. The summed E-state index contributed by atoms with van der Waals surface area (Å²) >= 11 is 0.176. The molecule has 53 heavy (non-hydrogen) atoms. The molecule has 2 aromatic heterocycles. The van der Waals surface area contributed by atoms with Gasteiger partial charge in [0.05, 0.1) is 0 Å². The van der Waals surface area contributed by atoms with E-state index < -0.39 is 0 Å². The van der Waals surface area contributed by atoms with Crippen molar-refractivity contribution >= 4 is 68.8 Å². The molecule has 0 saturated heterocycles. The van der Waals surface area contributed by atoms with Crippen molar-refractivity contribution in [1.29, 1.82) is 0 Å². The van der Waals surface area contributed by atoms with Crippen molar-refractivity contribution in [3.63, 3.8) is 0 Å². The van der Waals surface area contributed by atoms with Crippen molar-refractivity contribution < 1.29 is 4.57 Å². The van der Waals surface area contributed by atoms with E-state index in [0.717, 1.165) is 0 Å². The molecule has 0 atom stereocenters. The fraction of sp³-hybridized carbons (Fsp3) is 0.286. The van der Waals surface area contributed by atoms with Crippen LogP contribution in [-0.2, 0) is 23.3 Å². The summed E-state index contributed by atoms with van der Waals surface area (Å²) < 4.78 is 7.89. The molecule has 4 heterocycles. The van der Waals surface area contributed by atoms with Gasteiger partial charge in [-0.3, -0.25) is 0 Å². The maximum absolute atomic E-state index is 2.65. The molecule has 0 spiro atoms. The summed E-state index contributed by atoms with van der Waals surface area (Å²) in [5.41, 5.74) is 19.3. The summed E-state index contributed by atoms with van der Waals surface area (Å²) in [6.45, 7) is 23.6. The number of fused-ring (bicyclic) bond motifs is 7. The Bertz CT molecular complexity index is 2670. The number of benzene rings is 5. The van der Waals surface area contributed by atoms with Gasteiger partial charge in [-0.1, -0.05) is 0 Å². The first-order valence-corrected chi connectivity index (χ1v) is 20.9. The molecule has 0 N–H and O–H groups in total. The molecule has 2 nitrogen and oxygen atoms in total. The van der Waals surface area contributed by atoms with Crippen molar-refractivity contribution in [2.24, 2.45) is 7.05 Å². The fourth-order valence-electron chi connectivity index (χ4n) is 8.75. The van der Waals surface area contributed by atoms with Crippen molar-refractivity contribution in [3.05, 3.63) is 126 Å². The van der Waals surface area contributed by atoms with E-state index in [-0.39, 0.29) is 37.9 Å². The molecule has 7 aromatic rings. The van der Waals surface area contributed by atoms with Crippen LogP contribution in [0.25, 0.3) is 49.9 Å². The molecular weight excluding hydrogens is 706 g/mol. The molecule has 2 aliphatic rings. The molecule has 0 aliphatic carbocycles. The molecule has 0 saturated carbocycles. The quantitative estimate of drug-likeness (QED) is 0.125. The molecule has 0 amide bonds. The Morgan fingerprint density at radius 3 is 1.98 bits per heavy atom. The molecule has 0 unspecified atom stereocenters. The first-order chi connectivity index (χ1) is 25.0. The maximum atomic E-state index is 2.65. The van der Waals surface area contributed by atoms with Crippen LogP contribution in [0.5, 0.6) is 0 Å². The van der Waals surface area contributed by atoms with Gasteiger partial charge in [-0.05, 0) is 0 Å². The zero-order valence-electron chi connectivity index (χ0n) is 33.2. The zero-order valence-corrected chi connectivity index (χ0v) is 34.9. The molecule has 0 radical (unpaired) electrons. The Morgan fingerprint density at radius 1 is 0.604 bits per heavy atom. The third-order valence-electron chi connectivity index (χ3n) is 11.9. The fourth-order valence-corrected chi connectivity index (χ4v) is 11.2. The topological polar surface area (TPSA) is 8.81 Å². The summed E-state index contributed by atoms with van der Waals surface area (Å²) in [6.07, 6.45) is 2.13. The van der Waals surface area contributed by atoms with E-state index in [4.69, 9.17) is 0 Å². The SMILES string of the molecule is Cc1cc(-c2cc3c4c(c2)-n2c5ccc(C(C)(C)C)cc5c5cc(C(C)(C)C)cc(c52)B4c2cc(C(C)(C)C)ccc2[Se]3)ccc1-c1cccc[n+]1C. The Balaban J connectivity index is 1.38. The van der Waals surface area contributed by atoms with Crippen LogP contribution in [0.4, 0.5) is 0 Å². The van der Waals surface area contributed by atoms with E-state index in [0.29, 0.717) is 0 Å². The Hall–Kier alpha value is -4.37. The van der Waals surface area contributed by atoms with Crippen LogP contribution in [-0.4, -0.2) is 26.2 Å². The predicted molar refractivity (Wildman–Crippen MR) is 230 cm³/mol. The zero-order chi connectivity index (χ0) is 37.4. The average molecular weight is 757 g/mol. The van der Waals surface area contributed by atoms with Crippen LogP contribution in [0.3, 0.4) is 0 Å². The summed E-state index contributed by atoms with van der Waals surface area (Å²) in [7, 11) is 2.13. The molecule has 4 heteroatoms.